The van der Waals surface area contributed by atoms with E-state index in [-0.39, 0.29) is 11.9 Å². The van der Waals surface area contributed by atoms with E-state index < -0.39 is 0 Å². The monoisotopic (exact) mass is 413 g/mol. The highest BCUT2D eigenvalue weighted by molar-refractivity contribution is 5.78. The van der Waals surface area contributed by atoms with Gasteiger partial charge in [-0.25, -0.2) is 0 Å². The fourth-order valence-electron chi connectivity index (χ4n) is 3.72. The quantitative estimate of drug-likeness (QED) is 0.718. The summed E-state index contributed by atoms with van der Waals surface area (Å²) < 4.78 is 16.1. The third-order valence-electron chi connectivity index (χ3n) is 5.44. The van der Waals surface area contributed by atoms with Crippen molar-refractivity contribution in [3.63, 3.8) is 0 Å². The van der Waals surface area contributed by atoms with Gasteiger partial charge in [-0.1, -0.05) is 6.07 Å². The summed E-state index contributed by atoms with van der Waals surface area (Å²) in [6.45, 7) is 5.75. The summed E-state index contributed by atoms with van der Waals surface area (Å²) in [5, 5.41) is 3.08. The maximum Gasteiger partial charge on any atom is 0.234 e. The zero-order chi connectivity index (χ0) is 21.5. The Morgan fingerprint density at radius 2 is 1.67 bits per heavy atom. The highest BCUT2D eigenvalue weighted by atomic mass is 16.5. The number of piperazine rings is 1. The molecule has 0 aliphatic carbocycles. The number of nitrogens with zero attached hydrogens (tertiary/aromatic N) is 2. The molecule has 1 aliphatic heterocycles. The minimum atomic E-state index is -0.180. The van der Waals surface area contributed by atoms with Gasteiger partial charge < -0.3 is 24.4 Å². The van der Waals surface area contributed by atoms with E-state index in [9.17, 15) is 4.79 Å². The van der Waals surface area contributed by atoms with E-state index in [1.165, 1.54) is 0 Å². The molecule has 1 amide bonds. The minimum absolute atomic E-state index is 0.00204. The Hall–Kier alpha value is -2.93. The maximum atomic E-state index is 12.6. The van der Waals surface area contributed by atoms with Crippen LogP contribution in [0.3, 0.4) is 0 Å². The third-order valence-corrected chi connectivity index (χ3v) is 5.44. The Morgan fingerprint density at radius 3 is 2.33 bits per heavy atom. The Labute approximate surface area is 178 Å². The zero-order valence-electron chi connectivity index (χ0n) is 18.2. The summed E-state index contributed by atoms with van der Waals surface area (Å²) in [5.74, 6) is 2.33. The summed E-state index contributed by atoms with van der Waals surface area (Å²) in [6.07, 6.45) is 0. The van der Waals surface area contributed by atoms with Crippen LogP contribution in [0.4, 0.5) is 5.69 Å². The van der Waals surface area contributed by atoms with Gasteiger partial charge in [-0.3, -0.25) is 9.69 Å². The number of hydrogen-bond donors (Lipinski definition) is 1. The SMILES string of the molecule is COc1cccc(N2CCN(CC(=O)NC(C)c3cc(OC)ccc3OC)CC2)c1. The van der Waals surface area contributed by atoms with Crippen LogP contribution >= 0.6 is 0 Å². The normalized spacial score (nSPS) is 15.4. The first-order chi connectivity index (χ1) is 14.5. The number of anilines is 1. The molecule has 2 aromatic carbocycles. The lowest BCUT2D eigenvalue weighted by molar-refractivity contribution is -0.123. The standard InChI is InChI=1S/C23H31N3O4/c1-17(21-15-20(29-3)8-9-22(21)30-4)24-23(27)16-25-10-12-26(13-11-25)18-6-5-7-19(14-18)28-2/h5-9,14-15,17H,10-13,16H2,1-4H3,(H,24,27). The molecular weight excluding hydrogens is 382 g/mol. The van der Waals surface area contributed by atoms with Gasteiger partial charge in [0.25, 0.3) is 0 Å². The molecule has 0 radical (unpaired) electrons. The van der Waals surface area contributed by atoms with E-state index in [0.717, 1.165) is 54.7 Å². The number of ether oxygens (including phenoxy) is 3. The molecule has 0 saturated carbocycles. The zero-order valence-corrected chi connectivity index (χ0v) is 18.2. The molecule has 0 bridgehead atoms. The van der Waals surface area contributed by atoms with Crippen LogP contribution in [0, 0.1) is 0 Å². The number of methoxy groups -OCH3 is 3. The van der Waals surface area contributed by atoms with E-state index in [1.807, 2.05) is 43.3 Å². The smallest absolute Gasteiger partial charge is 0.234 e. The lowest BCUT2D eigenvalue weighted by Gasteiger charge is -2.36. The van der Waals surface area contributed by atoms with Crippen molar-refractivity contribution in [3.8, 4) is 17.2 Å². The first kappa shape index (κ1) is 21.8. The van der Waals surface area contributed by atoms with E-state index in [2.05, 4.69) is 21.2 Å². The Balaban J connectivity index is 1.52. The van der Waals surface area contributed by atoms with Crippen LogP contribution in [0.25, 0.3) is 0 Å². The molecule has 1 aliphatic rings. The number of benzene rings is 2. The van der Waals surface area contributed by atoms with Gasteiger partial charge in [0.2, 0.25) is 5.91 Å². The molecule has 1 N–H and O–H groups in total. The fraction of sp³-hybridized carbons (Fsp3) is 0.435. The van der Waals surface area contributed by atoms with Crippen molar-refractivity contribution in [3.05, 3.63) is 48.0 Å². The molecule has 30 heavy (non-hydrogen) atoms. The van der Waals surface area contributed by atoms with Crippen LogP contribution in [-0.4, -0.2) is 64.9 Å². The first-order valence-corrected chi connectivity index (χ1v) is 10.2. The molecular formula is C23H31N3O4. The van der Waals surface area contributed by atoms with Gasteiger partial charge in [-0.15, -0.1) is 0 Å². The van der Waals surface area contributed by atoms with Crippen molar-refractivity contribution in [2.75, 3.05) is 59.0 Å². The molecule has 7 heteroatoms. The van der Waals surface area contributed by atoms with Gasteiger partial charge >= 0.3 is 0 Å². The van der Waals surface area contributed by atoms with Crippen molar-refractivity contribution in [1.29, 1.82) is 0 Å². The van der Waals surface area contributed by atoms with Gasteiger partial charge in [0.1, 0.15) is 17.2 Å². The van der Waals surface area contributed by atoms with E-state index >= 15 is 0 Å². The van der Waals surface area contributed by atoms with Gasteiger partial charge in [-0.2, -0.15) is 0 Å². The van der Waals surface area contributed by atoms with Crippen molar-refractivity contribution in [1.82, 2.24) is 10.2 Å². The van der Waals surface area contributed by atoms with Gasteiger partial charge in [0, 0.05) is 43.5 Å². The molecule has 7 nitrogen and oxygen atoms in total. The molecule has 1 saturated heterocycles. The molecule has 3 rings (SSSR count). The average molecular weight is 414 g/mol. The van der Waals surface area contributed by atoms with Gasteiger partial charge in [-0.05, 0) is 37.3 Å². The molecule has 1 heterocycles. The predicted molar refractivity (Wildman–Crippen MR) is 118 cm³/mol. The number of amides is 1. The highest BCUT2D eigenvalue weighted by Gasteiger charge is 2.21. The van der Waals surface area contributed by atoms with Crippen molar-refractivity contribution >= 4 is 11.6 Å². The summed E-state index contributed by atoms with van der Waals surface area (Å²) in [5.41, 5.74) is 2.05. The highest BCUT2D eigenvalue weighted by Crippen LogP contribution is 2.29. The number of rotatable bonds is 8. The Morgan fingerprint density at radius 1 is 0.967 bits per heavy atom. The largest absolute Gasteiger partial charge is 0.497 e. The summed E-state index contributed by atoms with van der Waals surface area (Å²) in [7, 11) is 4.93. The van der Waals surface area contributed by atoms with Crippen LogP contribution in [0.5, 0.6) is 17.2 Å². The first-order valence-electron chi connectivity index (χ1n) is 10.2. The van der Waals surface area contributed by atoms with Crippen LogP contribution in [-0.2, 0) is 4.79 Å². The Kier molecular flexibility index (Phi) is 7.41. The molecule has 1 atom stereocenters. The van der Waals surface area contributed by atoms with Gasteiger partial charge in [0.15, 0.2) is 0 Å². The summed E-state index contributed by atoms with van der Waals surface area (Å²) in [4.78, 5) is 17.1. The second-order valence-electron chi connectivity index (χ2n) is 7.36. The summed E-state index contributed by atoms with van der Waals surface area (Å²) in [6, 6.07) is 13.5. The van der Waals surface area contributed by atoms with Crippen LogP contribution < -0.4 is 24.4 Å². The Bertz CT molecular complexity index is 850. The molecule has 162 valence electrons. The molecule has 2 aromatic rings. The van der Waals surface area contributed by atoms with Crippen molar-refractivity contribution in [2.45, 2.75) is 13.0 Å². The second-order valence-corrected chi connectivity index (χ2v) is 7.36. The number of carbonyl (C=O) groups excluding carboxylic acids is 1. The predicted octanol–water partition coefficient (Wildman–Crippen LogP) is 2.71. The minimum Gasteiger partial charge on any atom is -0.497 e. The van der Waals surface area contributed by atoms with Gasteiger partial charge in [0.05, 0.1) is 33.9 Å². The van der Waals surface area contributed by atoms with Crippen LogP contribution in [0.2, 0.25) is 0 Å². The average Bonchev–Trinajstić information content (AvgIpc) is 2.79. The topological polar surface area (TPSA) is 63.3 Å². The van der Waals surface area contributed by atoms with E-state index in [0.29, 0.717) is 6.54 Å². The molecule has 1 unspecified atom stereocenters. The molecule has 1 fully saturated rings. The number of nitrogens with one attached hydrogen (secondary N) is 1. The fourth-order valence-corrected chi connectivity index (χ4v) is 3.72. The lowest BCUT2D eigenvalue weighted by atomic mass is 10.1. The molecule has 0 aromatic heterocycles. The second kappa shape index (κ2) is 10.2. The summed E-state index contributed by atoms with van der Waals surface area (Å²) >= 11 is 0. The van der Waals surface area contributed by atoms with Crippen LogP contribution in [0.15, 0.2) is 42.5 Å². The van der Waals surface area contributed by atoms with E-state index in [1.54, 1.807) is 21.3 Å². The lowest BCUT2D eigenvalue weighted by Crippen LogP contribution is -2.49. The maximum absolute atomic E-state index is 12.6. The van der Waals surface area contributed by atoms with Crippen molar-refractivity contribution in [2.24, 2.45) is 0 Å². The number of carbonyl (C=O) groups is 1. The van der Waals surface area contributed by atoms with Crippen LogP contribution in [0.1, 0.15) is 18.5 Å². The number of hydrogen-bond acceptors (Lipinski definition) is 6. The molecule has 0 spiro atoms. The van der Waals surface area contributed by atoms with E-state index in [4.69, 9.17) is 14.2 Å². The third kappa shape index (κ3) is 5.36. The van der Waals surface area contributed by atoms with Crippen molar-refractivity contribution < 1.29 is 19.0 Å².